The van der Waals surface area contributed by atoms with Crippen LogP contribution < -0.4 is 9.47 Å². The standard InChI is InChI=1S/C21H24O6/c1-26-18-9-5-14(20(24)12-18)3-7-16(22)11-17(23)8-4-15-6-10-19(27-2)13-21(15)25/h5-6,9-10,12-13,24-25H,3-4,7-8,11H2,1-2H3. The number of hydrogen-bond acceptors (Lipinski definition) is 6. The molecule has 0 aliphatic rings. The molecule has 6 nitrogen and oxygen atoms in total. The number of ether oxygens (including phenoxy) is 2. The minimum absolute atomic E-state index is 0.0726. The molecule has 0 aromatic heterocycles. The van der Waals surface area contributed by atoms with Gasteiger partial charge in [-0.3, -0.25) is 9.59 Å². The lowest BCUT2D eigenvalue weighted by molar-refractivity contribution is -0.126. The van der Waals surface area contributed by atoms with Crippen molar-refractivity contribution in [3.63, 3.8) is 0 Å². The number of carbonyl (C=O) groups is 2. The van der Waals surface area contributed by atoms with Gasteiger partial charge in [-0.25, -0.2) is 0 Å². The SMILES string of the molecule is COc1ccc(CCC(=O)CC(=O)CCc2ccc(OC)cc2O)c(O)c1. The summed E-state index contributed by atoms with van der Waals surface area (Å²) in [6, 6.07) is 9.82. The first-order valence-corrected chi connectivity index (χ1v) is 8.68. The maximum absolute atomic E-state index is 12.0. The number of phenols is 2. The van der Waals surface area contributed by atoms with Crippen LogP contribution in [0.2, 0.25) is 0 Å². The summed E-state index contributed by atoms with van der Waals surface area (Å²) in [5.41, 5.74) is 1.28. The van der Waals surface area contributed by atoms with E-state index in [1.165, 1.54) is 26.4 Å². The predicted octanol–water partition coefficient (Wildman–Crippen LogP) is 3.21. The highest BCUT2D eigenvalue weighted by Crippen LogP contribution is 2.26. The van der Waals surface area contributed by atoms with E-state index in [1.807, 2.05) is 0 Å². The second-order valence-corrected chi connectivity index (χ2v) is 6.24. The lowest BCUT2D eigenvalue weighted by Crippen LogP contribution is -2.09. The van der Waals surface area contributed by atoms with Crippen LogP contribution in [0.3, 0.4) is 0 Å². The molecule has 0 aliphatic carbocycles. The molecule has 0 heterocycles. The van der Waals surface area contributed by atoms with E-state index in [2.05, 4.69) is 0 Å². The number of Topliss-reactive ketones (excluding diaryl/α,β-unsaturated/α-hetero) is 2. The Morgan fingerprint density at radius 3 is 1.52 bits per heavy atom. The van der Waals surface area contributed by atoms with Gasteiger partial charge in [0.15, 0.2) is 0 Å². The smallest absolute Gasteiger partial charge is 0.140 e. The second-order valence-electron chi connectivity index (χ2n) is 6.24. The molecule has 0 saturated carbocycles. The molecule has 2 rings (SSSR count). The fourth-order valence-corrected chi connectivity index (χ4v) is 2.71. The third-order valence-electron chi connectivity index (χ3n) is 4.33. The molecule has 6 heteroatoms. The van der Waals surface area contributed by atoms with Crippen molar-refractivity contribution in [1.29, 1.82) is 0 Å². The van der Waals surface area contributed by atoms with Crippen molar-refractivity contribution in [2.24, 2.45) is 0 Å². The van der Waals surface area contributed by atoms with Gasteiger partial charge in [-0.1, -0.05) is 12.1 Å². The molecule has 27 heavy (non-hydrogen) atoms. The van der Waals surface area contributed by atoms with E-state index < -0.39 is 0 Å². The summed E-state index contributed by atoms with van der Waals surface area (Å²) >= 11 is 0. The summed E-state index contributed by atoms with van der Waals surface area (Å²) < 4.78 is 10.0. The van der Waals surface area contributed by atoms with E-state index in [-0.39, 0.29) is 42.3 Å². The summed E-state index contributed by atoms with van der Waals surface area (Å²) in [6.45, 7) is 0. The molecule has 2 aromatic carbocycles. The Balaban J connectivity index is 1.79. The van der Waals surface area contributed by atoms with Gasteiger partial charge in [0.2, 0.25) is 0 Å². The van der Waals surface area contributed by atoms with Gasteiger partial charge in [0.05, 0.1) is 20.6 Å². The van der Waals surface area contributed by atoms with Gasteiger partial charge >= 0.3 is 0 Å². The van der Waals surface area contributed by atoms with E-state index in [0.717, 1.165) is 0 Å². The first-order chi connectivity index (χ1) is 12.9. The molecule has 0 radical (unpaired) electrons. The Kier molecular flexibility index (Phi) is 7.23. The average Bonchev–Trinajstić information content (AvgIpc) is 2.65. The normalized spacial score (nSPS) is 10.4. The molecule has 144 valence electrons. The van der Waals surface area contributed by atoms with Crippen molar-refractivity contribution in [2.45, 2.75) is 32.1 Å². The largest absolute Gasteiger partial charge is 0.508 e. The Hall–Kier alpha value is -3.02. The monoisotopic (exact) mass is 372 g/mol. The molecule has 0 aliphatic heterocycles. The number of aryl methyl sites for hydroxylation is 2. The number of aromatic hydroxyl groups is 2. The van der Waals surface area contributed by atoms with Crippen LogP contribution in [-0.4, -0.2) is 36.0 Å². The summed E-state index contributed by atoms with van der Waals surface area (Å²) in [5, 5.41) is 19.8. The lowest BCUT2D eigenvalue weighted by atomic mass is 10.0. The molecule has 0 atom stereocenters. The third kappa shape index (κ3) is 6.02. The van der Waals surface area contributed by atoms with Crippen LogP contribution >= 0.6 is 0 Å². The maximum atomic E-state index is 12.0. The van der Waals surface area contributed by atoms with Crippen molar-refractivity contribution >= 4 is 11.6 Å². The summed E-state index contributed by atoms with van der Waals surface area (Å²) in [5.74, 6) is 0.884. The van der Waals surface area contributed by atoms with E-state index >= 15 is 0 Å². The maximum Gasteiger partial charge on any atom is 0.140 e. The highest BCUT2D eigenvalue weighted by Gasteiger charge is 2.13. The topological polar surface area (TPSA) is 93.1 Å². The zero-order valence-electron chi connectivity index (χ0n) is 15.5. The first kappa shape index (κ1) is 20.3. The van der Waals surface area contributed by atoms with Crippen LogP contribution in [0.25, 0.3) is 0 Å². The summed E-state index contributed by atoms with van der Waals surface area (Å²) in [7, 11) is 3.02. The number of methoxy groups -OCH3 is 2. The zero-order chi connectivity index (χ0) is 19.8. The van der Waals surface area contributed by atoms with Gasteiger partial charge in [0.25, 0.3) is 0 Å². The molecule has 0 bridgehead atoms. The van der Waals surface area contributed by atoms with Crippen LogP contribution in [0.5, 0.6) is 23.0 Å². The highest BCUT2D eigenvalue weighted by atomic mass is 16.5. The van der Waals surface area contributed by atoms with Gasteiger partial charge in [0, 0.05) is 25.0 Å². The van der Waals surface area contributed by atoms with Crippen LogP contribution in [0.1, 0.15) is 30.4 Å². The fraction of sp³-hybridized carbons (Fsp3) is 0.333. The number of benzene rings is 2. The Morgan fingerprint density at radius 1 is 0.778 bits per heavy atom. The average molecular weight is 372 g/mol. The molecular formula is C21H24O6. The van der Waals surface area contributed by atoms with Crippen molar-refractivity contribution in [1.82, 2.24) is 0 Å². The molecule has 0 fully saturated rings. The minimum Gasteiger partial charge on any atom is -0.508 e. The molecule has 0 saturated heterocycles. The second kappa shape index (κ2) is 9.62. The van der Waals surface area contributed by atoms with Crippen LogP contribution in [0, 0.1) is 0 Å². The van der Waals surface area contributed by atoms with Crippen molar-refractivity contribution in [3.8, 4) is 23.0 Å². The molecule has 2 N–H and O–H groups in total. The molecule has 0 amide bonds. The van der Waals surface area contributed by atoms with Gasteiger partial charge in [-0.15, -0.1) is 0 Å². The van der Waals surface area contributed by atoms with E-state index in [9.17, 15) is 19.8 Å². The van der Waals surface area contributed by atoms with Crippen molar-refractivity contribution < 1.29 is 29.3 Å². The summed E-state index contributed by atoms with van der Waals surface area (Å²) in [4.78, 5) is 24.1. The zero-order valence-corrected chi connectivity index (χ0v) is 15.5. The van der Waals surface area contributed by atoms with E-state index in [1.54, 1.807) is 24.3 Å². The van der Waals surface area contributed by atoms with Gasteiger partial charge in [-0.2, -0.15) is 0 Å². The number of ketones is 2. The summed E-state index contributed by atoms with van der Waals surface area (Å²) in [6.07, 6.45) is 0.940. The fourth-order valence-electron chi connectivity index (χ4n) is 2.71. The highest BCUT2D eigenvalue weighted by molar-refractivity contribution is 5.99. The lowest BCUT2D eigenvalue weighted by Gasteiger charge is -2.07. The Labute approximate surface area is 158 Å². The van der Waals surface area contributed by atoms with Gasteiger partial charge in [-0.05, 0) is 36.1 Å². The van der Waals surface area contributed by atoms with Crippen LogP contribution in [0.4, 0.5) is 0 Å². The quantitative estimate of drug-likeness (QED) is 0.622. The molecular weight excluding hydrogens is 348 g/mol. The van der Waals surface area contributed by atoms with Gasteiger partial charge < -0.3 is 19.7 Å². The molecule has 0 spiro atoms. The van der Waals surface area contributed by atoms with E-state index in [0.29, 0.717) is 35.5 Å². The van der Waals surface area contributed by atoms with Gasteiger partial charge in [0.1, 0.15) is 34.6 Å². The number of phenolic OH excluding ortho intramolecular Hbond substituents is 2. The first-order valence-electron chi connectivity index (χ1n) is 8.68. The molecule has 2 aromatic rings. The number of carbonyl (C=O) groups excluding carboxylic acids is 2. The minimum atomic E-state index is -0.172. The van der Waals surface area contributed by atoms with Crippen molar-refractivity contribution in [2.75, 3.05) is 14.2 Å². The predicted molar refractivity (Wildman–Crippen MR) is 101 cm³/mol. The van der Waals surface area contributed by atoms with Crippen LogP contribution in [0.15, 0.2) is 36.4 Å². The van der Waals surface area contributed by atoms with Crippen molar-refractivity contribution in [3.05, 3.63) is 47.5 Å². The Bertz CT molecular complexity index is 745. The molecule has 0 unspecified atom stereocenters. The number of rotatable bonds is 10. The third-order valence-corrected chi connectivity index (χ3v) is 4.33. The Morgan fingerprint density at radius 2 is 1.19 bits per heavy atom. The van der Waals surface area contributed by atoms with E-state index in [4.69, 9.17) is 9.47 Å². The number of hydrogen-bond donors (Lipinski definition) is 2. The van der Waals surface area contributed by atoms with Crippen LogP contribution in [-0.2, 0) is 22.4 Å².